The SMILES string of the molecule is C1=CSCN1.CC(C)CCC[C@@H](C)[C@H]1CC[C@H]2[C@@H]3CC=C4C[C@@H](O)CC[C@]4(C)[C@H]3CC[C@]12C. The minimum absolute atomic E-state index is 0.0766. The normalized spacial score (nSPS) is 42.4. The Bertz CT molecular complexity index is 710. The van der Waals surface area contributed by atoms with Crippen molar-refractivity contribution < 1.29 is 5.11 Å². The van der Waals surface area contributed by atoms with Crippen molar-refractivity contribution in [1.29, 1.82) is 0 Å². The van der Waals surface area contributed by atoms with E-state index >= 15 is 0 Å². The number of allylic oxidation sites excluding steroid dienone is 1. The first-order chi connectivity index (χ1) is 15.8. The highest BCUT2D eigenvalue weighted by Crippen LogP contribution is 2.67. The van der Waals surface area contributed by atoms with Crippen LogP contribution in [0.25, 0.3) is 0 Å². The second-order valence-electron chi connectivity index (χ2n) is 13.0. The van der Waals surface area contributed by atoms with E-state index in [-0.39, 0.29) is 6.10 Å². The molecule has 0 aromatic rings. The molecule has 0 amide bonds. The van der Waals surface area contributed by atoms with Crippen molar-refractivity contribution in [3.63, 3.8) is 0 Å². The fraction of sp³-hybridized carbons (Fsp3) is 0.867. The molecule has 0 radical (unpaired) electrons. The lowest BCUT2D eigenvalue weighted by atomic mass is 9.47. The van der Waals surface area contributed by atoms with Crippen LogP contribution in [-0.2, 0) is 0 Å². The molecule has 33 heavy (non-hydrogen) atoms. The number of hydrogen-bond donors (Lipinski definition) is 2. The van der Waals surface area contributed by atoms with Crippen LogP contribution in [-0.4, -0.2) is 17.1 Å². The van der Waals surface area contributed by atoms with E-state index in [1.54, 1.807) is 17.3 Å². The fourth-order valence-electron chi connectivity index (χ4n) is 8.91. The van der Waals surface area contributed by atoms with Crippen molar-refractivity contribution >= 4 is 11.8 Å². The van der Waals surface area contributed by atoms with E-state index in [2.05, 4.69) is 46.0 Å². The molecular formula is C30H51NOS. The Kier molecular flexibility index (Phi) is 8.32. The average Bonchev–Trinajstić information content (AvgIpc) is 3.45. The van der Waals surface area contributed by atoms with E-state index in [0.29, 0.717) is 10.8 Å². The zero-order valence-corrected chi connectivity index (χ0v) is 22.9. The molecule has 0 aromatic heterocycles. The molecule has 5 rings (SSSR count). The van der Waals surface area contributed by atoms with E-state index < -0.39 is 0 Å². The van der Waals surface area contributed by atoms with Gasteiger partial charge in [-0.2, -0.15) is 0 Å². The summed E-state index contributed by atoms with van der Waals surface area (Å²) in [4.78, 5) is 0. The predicted molar refractivity (Wildman–Crippen MR) is 144 cm³/mol. The molecule has 4 aliphatic carbocycles. The Hall–Kier alpha value is -0.410. The van der Waals surface area contributed by atoms with Gasteiger partial charge in [-0.05, 0) is 103 Å². The molecule has 0 spiro atoms. The molecule has 188 valence electrons. The Morgan fingerprint density at radius 2 is 1.88 bits per heavy atom. The zero-order chi connectivity index (χ0) is 23.6. The van der Waals surface area contributed by atoms with Crippen LogP contribution >= 0.6 is 11.8 Å². The predicted octanol–water partition coefficient (Wildman–Crippen LogP) is 8.14. The minimum atomic E-state index is -0.0766. The minimum Gasteiger partial charge on any atom is -0.393 e. The van der Waals surface area contributed by atoms with Crippen LogP contribution in [0.3, 0.4) is 0 Å². The maximum Gasteiger partial charge on any atom is 0.0646 e. The Labute approximate surface area is 208 Å². The maximum absolute atomic E-state index is 10.2. The van der Waals surface area contributed by atoms with Gasteiger partial charge in [-0.15, -0.1) is 11.8 Å². The van der Waals surface area contributed by atoms with Gasteiger partial charge >= 0.3 is 0 Å². The summed E-state index contributed by atoms with van der Waals surface area (Å²) < 4.78 is 0. The van der Waals surface area contributed by atoms with Gasteiger partial charge in [0.05, 0.1) is 12.0 Å². The third-order valence-electron chi connectivity index (χ3n) is 10.7. The second kappa shape index (κ2) is 10.7. The number of aliphatic hydroxyl groups excluding tert-OH is 1. The van der Waals surface area contributed by atoms with Gasteiger partial charge in [0.1, 0.15) is 0 Å². The van der Waals surface area contributed by atoms with Gasteiger partial charge in [0.2, 0.25) is 0 Å². The van der Waals surface area contributed by atoms with E-state index in [1.807, 2.05) is 11.6 Å². The molecule has 0 saturated heterocycles. The van der Waals surface area contributed by atoms with Gasteiger partial charge in [0, 0.05) is 6.20 Å². The molecule has 3 saturated carbocycles. The van der Waals surface area contributed by atoms with Gasteiger partial charge in [0.25, 0.3) is 0 Å². The highest BCUT2D eigenvalue weighted by molar-refractivity contribution is 8.02. The molecule has 0 bridgehead atoms. The highest BCUT2D eigenvalue weighted by atomic mass is 32.2. The lowest BCUT2D eigenvalue weighted by molar-refractivity contribution is -0.0573. The molecular weight excluding hydrogens is 422 g/mol. The first-order valence-corrected chi connectivity index (χ1v) is 15.2. The van der Waals surface area contributed by atoms with Crippen LogP contribution in [0.4, 0.5) is 0 Å². The summed E-state index contributed by atoms with van der Waals surface area (Å²) in [6.45, 7) is 12.6. The maximum atomic E-state index is 10.2. The van der Waals surface area contributed by atoms with Crippen LogP contribution in [0.15, 0.2) is 23.3 Å². The van der Waals surface area contributed by atoms with Gasteiger partial charge in [-0.1, -0.05) is 65.5 Å². The summed E-state index contributed by atoms with van der Waals surface area (Å²) in [5.74, 6) is 6.51. The van der Waals surface area contributed by atoms with Gasteiger partial charge < -0.3 is 10.4 Å². The molecule has 0 unspecified atom stereocenters. The van der Waals surface area contributed by atoms with Crippen LogP contribution in [0.2, 0.25) is 0 Å². The quantitative estimate of drug-likeness (QED) is 0.395. The summed E-state index contributed by atoms with van der Waals surface area (Å²) in [5.41, 5.74) is 2.60. The first-order valence-electron chi connectivity index (χ1n) is 14.1. The van der Waals surface area contributed by atoms with Crippen molar-refractivity contribution in [3.05, 3.63) is 23.3 Å². The third kappa shape index (κ3) is 5.25. The molecule has 5 aliphatic rings. The molecule has 1 aliphatic heterocycles. The molecule has 0 aromatic carbocycles. The monoisotopic (exact) mass is 473 g/mol. The summed E-state index contributed by atoms with van der Waals surface area (Å²) in [5, 5.41) is 15.3. The van der Waals surface area contributed by atoms with E-state index in [4.69, 9.17) is 0 Å². The van der Waals surface area contributed by atoms with Crippen LogP contribution in [0.5, 0.6) is 0 Å². The molecule has 1 heterocycles. The standard InChI is InChI=1S/C27H46O.C3H5NS/c1-18(2)7-6-8-19(3)23-11-12-24-22-10-9-20-17-21(28)13-15-26(20,4)25(22)14-16-27(23,24)5;1-2-5-3-4-1/h9,18-19,21-25,28H,6-8,10-17H2,1-5H3;1-2,4H,3H2/t19-,21+,22+,23-,24+,25+,26+,27-;/m1./s1. The summed E-state index contributed by atoms with van der Waals surface area (Å²) >= 11 is 1.78. The summed E-state index contributed by atoms with van der Waals surface area (Å²) in [7, 11) is 0. The molecule has 8 atom stereocenters. The van der Waals surface area contributed by atoms with E-state index in [0.717, 1.165) is 54.2 Å². The molecule has 2 nitrogen and oxygen atoms in total. The zero-order valence-electron chi connectivity index (χ0n) is 22.1. The Morgan fingerprint density at radius 3 is 2.55 bits per heavy atom. The number of fused-ring (bicyclic) bond motifs is 5. The van der Waals surface area contributed by atoms with E-state index in [9.17, 15) is 5.11 Å². The van der Waals surface area contributed by atoms with Crippen LogP contribution in [0.1, 0.15) is 105 Å². The Balaban J connectivity index is 0.000000459. The number of hydrogen-bond acceptors (Lipinski definition) is 3. The largest absolute Gasteiger partial charge is 0.393 e. The van der Waals surface area contributed by atoms with Gasteiger partial charge in [-0.3, -0.25) is 0 Å². The second-order valence-corrected chi connectivity index (χ2v) is 13.9. The van der Waals surface area contributed by atoms with Crippen molar-refractivity contribution in [2.45, 2.75) is 111 Å². The number of rotatable bonds is 5. The topological polar surface area (TPSA) is 32.3 Å². The highest BCUT2D eigenvalue weighted by Gasteiger charge is 2.59. The molecule has 3 heteroatoms. The van der Waals surface area contributed by atoms with Crippen molar-refractivity contribution in [1.82, 2.24) is 5.32 Å². The summed E-state index contributed by atoms with van der Waals surface area (Å²) in [6, 6.07) is 0. The lowest BCUT2D eigenvalue weighted by Crippen LogP contribution is -2.50. The summed E-state index contributed by atoms with van der Waals surface area (Å²) in [6.07, 6.45) is 19.1. The van der Waals surface area contributed by atoms with Crippen LogP contribution in [0, 0.1) is 46.3 Å². The third-order valence-corrected chi connectivity index (χ3v) is 11.4. The number of thioether (sulfide) groups is 1. The Morgan fingerprint density at radius 1 is 1.06 bits per heavy atom. The average molecular weight is 474 g/mol. The van der Waals surface area contributed by atoms with Crippen molar-refractivity contribution in [2.24, 2.45) is 46.3 Å². The molecule has 3 fully saturated rings. The number of aliphatic hydroxyl groups is 1. The van der Waals surface area contributed by atoms with Crippen molar-refractivity contribution in [2.75, 3.05) is 5.88 Å². The van der Waals surface area contributed by atoms with Gasteiger partial charge in [0.15, 0.2) is 0 Å². The van der Waals surface area contributed by atoms with E-state index in [1.165, 1.54) is 57.8 Å². The first kappa shape index (κ1) is 25.7. The number of nitrogens with one attached hydrogen (secondary N) is 1. The fourth-order valence-corrected chi connectivity index (χ4v) is 9.39. The van der Waals surface area contributed by atoms with Crippen molar-refractivity contribution in [3.8, 4) is 0 Å². The lowest BCUT2D eigenvalue weighted by Gasteiger charge is -2.58. The smallest absolute Gasteiger partial charge is 0.0646 e. The van der Waals surface area contributed by atoms with Crippen LogP contribution < -0.4 is 5.32 Å². The molecule has 2 N–H and O–H groups in total. The van der Waals surface area contributed by atoms with Gasteiger partial charge in [-0.25, -0.2) is 0 Å².